The molecular weight excluding hydrogens is 1490 g/mol. The molecule has 0 aliphatic rings. The van der Waals surface area contributed by atoms with E-state index in [9.17, 15) is 115 Å². The van der Waals surface area contributed by atoms with Gasteiger partial charge in [-0.25, -0.2) is 14.4 Å². The number of phenols is 4. The second-order valence-electron chi connectivity index (χ2n) is 22.1. The van der Waals surface area contributed by atoms with Crippen LogP contribution >= 0.6 is 0 Å². The van der Waals surface area contributed by atoms with Crippen molar-refractivity contribution in [1.82, 2.24) is 0 Å². The Morgan fingerprint density at radius 1 is 0.410 bits per heavy atom. The van der Waals surface area contributed by atoms with E-state index in [4.69, 9.17) is 4.74 Å². The van der Waals surface area contributed by atoms with Crippen LogP contribution in [0.15, 0.2) is 227 Å². The molecule has 0 aromatic heterocycles. The van der Waals surface area contributed by atoms with Crippen LogP contribution in [0.4, 0.5) is 68.2 Å². The number of phenolic OH excluding ortho intramolecular Hbond substituents is 4. The molecule has 0 radical (unpaired) electrons. The Morgan fingerprint density at radius 2 is 0.905 bits per heavy atom. The first kappa shape index (κ1) is 73.4. The zero-order chi connectivity index (χ0) is 76.2. The number of fused-ring (bicyclic) bond motifs is 4. The molecule has 0 saturated heterocycles. The third kappa shape index (κ3) is 15.7. The van der Waals surface area contributed by atoms with Crippen molar-refractivity contribution in [3.8, 4) is 28.7 Å². The van der Waals surface area contributed by atoms with Crippen molar-refractivity contribution in [2.24, 2.45) is 51.1 Å². The fourth-order valence-electron chi connectivity index (χ4n) is 10.3. The van der Waals surface area contributed by atoms with Crippen molar-refractivity contribution in [2.75, 3.05) is 11.9 Å². The van der Waals surface area contributed by atoms with Crippen LogP contribution in [0.1, 0.15) is 26.3 Å². The van der Waals surface area contributed by atoms with Gasteiger partial charge in [0.2, 0.25) is 0 Å². The van der Waals surface area contributed by atoms with Gasteiger partial charge in [-0.15, -0.1) is 35.8 Å². The molecule has 11 aromatic carbocycles. The fraction of sp³-hybridized carbons (Fsp3) is 0.0317. The van der Waals surface area contributed by atoms with Crippen molar-refractivity contribution >= 4 is 180 Å². The largest absolute Gasteiger partial charge is 0.507 e. The average molecular weight is 1530 g/mol. The molecule has 536 valence electrons. The van der Waals surface area contributed by atoms with E-state index in [1.54, 1.807) is 30.3 Å². The number of nitrogens with one attached hydrogen (secondary N) is 1. The Hall–Kier alpha value is -12.8. The molecule has 37 nitrogen and oxygen atoms in total. The summed E-state index contributed by atoms with van der Waals surface area (Å²) in [5, 5.41) is 116. The van der Waals surface area contributed by atoms with Gasteiger partial charge in [0.1, 0.15) is 60.3 Å². The molecule has 0 heterocycles. The van der Waals surface area contributed by atoms with Gasteiger partial charge in [-0.2, -0.15) is 57.4 Å². The number of rotatable bonds is 22. The SMILES string of the molecule is Cc1cc(N=Nc2c(S(=O)(=O)O)cc3ccc(/N=N\c4c(Nc5ccccc5)ccc5c(O)c(/N=N/c6ccc7cc(S(=O)(=O)O)c(/N=N\c8cc(C(=O)O)ccc8C(=O)O)c(O)c7c6)c(S(=O)(=O)O)cc45)cc3c2O)c(OCC(=O)O)cc1/N=N\c1cc(S(=O)(=O)O)cc2cc(S(=O)(=O)O)cc(O)c12. The molecule has 42 heteroatoms. The quantitative estimate of drug-likeness (QED) is 0.0221. The predicted molar refractivity (Wildman–Crippen MR) is 367 cm³/mol. The number of ether oxygens (including phenoxy) is 1. The van der Waals surface area contributed by atoms with Gasteiger partial charge >= 0.3 is 17.9 Å². The maximum Gasteiger partial charge on any atom is 0.341 e. The monoisotopic (exact) mass is 1530 g/mol. The summed E-state index contributed by atoms with van der Waals surface area (Å²) < 4.78 is 183. The number of carboxylic acid groups (broad SMARTS) is 3. The highest BCUT2D eigenvalue weighted by Crippen LogP contribution is 2.50. The second-order valence-corrected chi connectivity index (χ2v) is 29.1. The molecule has 0 atom stereocenters. The molecule has 11 aromatic rings. The van der Waals surface area contributed by atoms with Crippen molar-refractivity contribution < 1.29 is 120 Å². The predicted octanol–water partition coefficient (Wildman–Crippen LogP) is 14.3. The number of carboxylic acids is 3. The Bertz CT molecular complexity index is 6400. The lowest BCUT2D eigenvalue weighted by Crippen LogP contribution is -2.09. The Labute approximate surface area is 587 Å². The van der Waals surface area contributed by atoms with Gasteiger partial charge in [0.15, 0.2) is 23.9 Å². The number of nitrogens with zero attached hydrogens (tertiary/aromatic N) is 10. The number of benzene rings is 11. The highest BCUT2D eigenvalue weighted by molar-refractivity contribution is 7.87. The van der Waals surface area contributed by atoms with Gasteiger partial charge in [0, 0.05) is 39.4 Å². The maximum atomic E-state index is 13.4. The molecule has 0 bridgehead atoms. The average Bonchev–Trinajstić information content (AvgIpc) is 0.752. The number of aryl methyl sites for hydroxylation is 1. The summed E-state index contributed by atoms with van der Waals surface area (Å²) in [6, 6.07) is 28.1. The lowest BCUT2D eigenvalue weighted by molar-refractivity contribution is -0.139. The molecule has 0 saturated carbocycles. The van der Waals surface area contributed by atoms with Gasteiger partial charge in [0.05, 0.1) is 54.7 Å². The summed E-state index contributed by atoms with van der Waals surface area (Å²) in [5.41, 5.74) is -5.66. The summed E-state index contributed by atoms with van der Waals surface area (Å²) in [6.07, 6.45) is 0. The second kappa shape index (κ2) is 27.9. The van der Waals surface area contributed by atoms with Crippen LogP contribution < -0.4 is 10.1 Å². The van der Waals surface area contributed by atoms with Crippen LogP contribution in [-0.2, 0) is 55.4 Å². The van der Waals surface area contributed by atoms with Crippen LogP contribution in [0, 0.1) is 6.92 Å². The molecule has 0 unspecified atom stereocenters. The number of aromatic hydroxyl groups is 4. The highest BCUT2D eigenvalue weighted by Gasteiger charge is 2.29. The number of carbonyl (C=O) groups is 3. The minimum atomic E-state index is -5.44. The first-order chi connectivity index (χ1) is 49.2. The molecule has 0 aliphatic carbocycles. The summed E-state index contributed by atoms with van der Waals surface area (Å²) >= 11 is 0. The minimum absolute atomic E-state index is 0.0661. The number of para-hydroxylation sites is 1. The van der Waals surface area contributed by atoms with E-state index in [2.05, 4.69) is 56.5 Å². The van der Waals surface area contributed by atoms with Gasteiger partial charge in [0.25, 0.3) is 50.6 Å². The van der Waals surface area contributed by atoms with Crippen molar-refractivity contribution in [3.05, 3.63) is 168 Å². The lowest BCUT2D eigenvalue weighted by Gasteiger charge is -2.14. The van der Waals surface area contributed by atoms with E-state index in [1.165, 1.54) is 31.2 Å². The molecular formula is C63H43N11O26S5. The summed E-state index contributed by atoms with van der Waals surface area (Å²) in [7, 11) is -26.1. The van der Waals surface area contributed by atoms with Gasteiger partial charge in [-0.1, -0.05) is 30.3 Å². The number of hydrogen-bond acceptors (Lipinski definition) is 29. The Kier molecular flexibility index (Phi) is 19.5. The number of azo groups is 5. The zero-order valence-electron chi connectivity index (χ0n) is 52.2. The van der Waals surface area contributed by atoms with Crippen LogP contribution in [0.25, 0.3) is 43.1 Å². The standard InChI is InChI=1S/C63H43N11O26S5/c1-28-15-46(49(100-27-53(76)77)26-44(28)67-70-47-23-36(101(85,86)87)16-32-17-37(102(88,89)90)24-48(75)54(32)47)69-74-57-51(104(94,95)96)20-29-7-10-34(21-40(29)61(57)80)65-71-55-42-25-52(105(97,98)99)58(59(78)38(42)13-14-43(55)64-33-5-3-2-4-6-33)72-66-35-11-8-30-19-50(103(91,92)93)56(60(79)41(30)22-35)73-68-45-18-31(62(81)82)9-12-39(45)63(83)84/h2-26,64,75,78-80H,27H2,1H3,(H,76,77)(H,81,82)(H,83,84)(H,85,86,87)(H,88,89,90)(H,91,92,93)(H,94,95,96)(H,97,98,99)/b70-67-,71-65-,72-66+,73-68-,74-69?. The van der Waals surface area contributed by atoms with E-state index >= 15 is 0 Å². The minimum Gasteiger partial charge on any atom is -0.507 e. The summed E-state index contributed by atoms with van der Waals surface area (Å²) in [5.74, 6) is -8.93. The van der Waals surface area contributed by atoms with Crippen LogP contribution in [0.5, 0.6) is 28.7 Å². The molecule has 13 N–H and O–H groups in total. The maximum absolute atomic E-state index is 13.4. The third-order valence-corrected chi connectivity index (χ3v) is 19.4. The van der Waals surface area contributed by atoms with Crippen LogP contribution in [0.3, 0.4) is 0 Å². The van der Waals surface area contributed by atoms with E-state index in [0.29, 0.717) is 11.8 Å². The van der Waals surface area contributed by atoms with Gasteiger partial charge in [-0.3, -0.25) is 22.8 Å². The highest BCUT2D eigenvalue weighted by atomic mass is 32.2. The van der Waals surface area contributed by atoms with Crippen molar-refractivity contribution in [3.63, 3.8) is 0 Å². The summed E-state index contributed by atoms with van der Waals surface area (Å²) in [4.78, 5) is 30.5. The first-order valence-corrected chi connectivity index (χ1v) is 36.0. The Balaban J connectivity index is 0.979. The number of anilines is 2. The topological polar surface area (TPSA) is 610 Å². The van der Waals surface area contributed by atoms with Gasteiger partial charge in [-0.05, 0) is 138 Å². The van der Waals surface area contributed by atoms with Crippen molar-refractivity contribution in [1.29, 1.82) is 0 Å². The summed E-state index contributed by atoms with van der Waals surface area (Å²) in [6.45, 7) is 0.301. The van der Waals surface area contributed by atoms with Crippen LogP contribution in [-0.4, -0.2) is 125 Å². The van der Waals surface area contributed by atoms with E-state index < -0.39 is 174 Å². The van der Waals surface area contributed by atoms with Gasteiger partial charge < -0.3 is 45.8 Å². The Morgan fingerprint density at radius 3 is 1.43 bits per heavy atom. The molecule has 0 fully saturated rings. The van der Waals surface area contributed by atoms with Crippen molar-refractivity contribution in [2.45, 2.75) is 31.4 Å². The third-order valence-electron chi connectivity index (χ3n) is 15.1. The van der Waals surface area contributed by atoms with E-state index in [-0.39, 0.29) is 77.1 Å². The lowest BCUT2D eigenvalue weighted by atomic mass is 10.0. The first-order valence-electron chi connectivity index (χ1n) is 28.8. The zero-order valence-corrected chi connectivity index (χ0v) is 56.3. The molecule has 0 aliphatic heterocycles. The smallest absolute Gasteiger partial charge is 0.341 e. The fourth-order valence-corrected chi connectivity index (χ4v) is 13.3. The molecule has 0 spiro atoms. The van der Waals surface area contributed by atoms with E-state index in [1.807, 2.05) is 0 Å². The number of aromatic carboxylic acids is 2. The molecule has 0 amide bonds. The normalized spacial score (nSPS) is 12.7. The number of aliphatic carboxylic acids is 1. The number of hydrogen-bond donors (Lipinski definition) is 13. The van der Waals surface area contributed by atoms with E-state index in [0.717, 1.165) is 91.0 Å². The molecule has 11 rings (SSSR count). The van der Waals surface area contributed by atoms with Crippen LogP contribution in [0.2, 0.25) is 0 Å². The molecule has 105 heavy (non-hydrogen) atoms.